The number of benzene rings is 2. The number of carbonyl (C=O) groups excluding carboxylic acids is 1. The molecule has 0 radical (unpaired) electrons. The summed E-state index contributed by atoms with van der Waals surface area (Å²) in [6.45, 7) is 1.66. The number of carbonyl (C=O) groups is 1. The van der Waals surface area contributed by atoms with Crippen LogP contribution in [0.1, 0.15) is 6.92 Å². The topological polar surface area (TPSA) is 74.8 Å². The van der Waals surface area contributed by atoms with Crippen LogP contribution < -0.4 is 10.9 Å². The molecule has 0 saturated heterocycles. The first-order valence-corrected chi connectivity index (χ1v) is 8.13. The maximum atomic E-state index is 13.6. The lowest BCUT2D eigenvalue weighted by atomic mass is 10.2. The Morgan fingerprint density at radius 1 is 1.21 bits per heavy atom. The summed E-state index contributed by atoms with van der Waals surface area (Å²) in [5.41, 5.74) is 0.421. The van der Waals surface area contributed by atoms with Gasteiger partial charge in [0.2, 0.25) is 5.91 Å². The van der Waals surface area contributed by atoms with Crippen LogP contribution in [0.15, 0.2) is 58.5 Å². The van der Waals surface area contributed by atoms with Crippen molar-refractivity contribution in [3.05, 3.63) is 64.7 Å². The molecule has 3 rings (SSSR count). The van der Waals surface area contributed by atoms with E-state index < -0.39 is 11.1 Å². The number of hydrogen-bond acceptors (Lipinski definition) is 4. The molecule has 5 nitrogen and oxygen atoms in total. The maximum Gasteiger partial charge on any atom is 0.259 e. The van der Waals surface area contributed by atoms with Gasteiger partial charge in [0, 0.05) is 0 Å². The smallest absolute Gasteiger partial charge is 0.259 e. The van der Waals surface area contributed by atoms with Gasteiger partial charge in [-0.1, -0.05) is 36.0 Å². The van der Waals surface area contributed by atoms with E-state index in [0.29, 0.717) is 16.1 Å². The zero-order valence-corrected chi connectivity index (χ0v) is 13.6. The Balaban J connectivity index is 1.77. The number of nitrogens with zero attached hydrogens (tertiary/aromatic N) is 1. The molecule has 0 spiro atoms. The van der Waals surface area contributed by atoms with Crippen molar-refractivity contribution in [2.45, 2.75) is 17.3 Å². The van der Waals surface area contributed by atoms with Crippen molar-refractivity contribution in [3.8, 4) is 0 Å². The Hall–Kier alpha value is -2.67. The van der Waals surface area contributed by atoms with E-state index in [1.54, 1.807) is 43.3 Å². The Morgan fingerprint density at radius 3 is 2.71 bits per heavy atom. The molecule has 0 bridgehead atoms. The SMILES string of the molecule is C[C@@H](Sc1nc2ccccc2c(=O)[nH]1)C(=O)Nc1ccccc1F. The number of fused-ring (bicyclic) bond motifs is 1. The van der Waals surface area contributed by atoms with Crippen molar-refractivity contribution in [1.29, 1.82) is 0 Å². The standard InChI is InChI=1S/C17H14FN3O2S/c1-10(15(22)19-14-9-5-3-7-12(14)18)24-17-20-13-8-4-2-6-11(13)16(23)21-17/h2-10H,1H3,(H,19,22)(H,20,21,23)/t10-/m1/s1. The number of nitrogens with one attached hydrogen (secondary N) is 2. The first kappa shape index (κ1) is 16.2. The lowest BCUT2D eigenvalue weighted by molar-refractivity contribution is -0.115. The van der Waals surface area contributed by atoms with Gasteiger partial charge in [-0.2, -0.15) is 0 Å². The van der Waals surface area contributed by atoms with Crippen LogP contribution in [0.2, 0.25) is 0 Å². The number of thioether (sulfide) groups is 1. The number of H-pyrrole nitrogens is 1. The first-order valence-electron chi connectivity index (χ1n) is 7.25. The van der Waals surface area contributed by atoms with Gasteiger partial charge < -0.3 is 10.3 Å². The van der Waals surface area contributed by atoms with E-state index in [2.05, 4.69) is 15.3 Å². The molecule has 1 aromatic heterocycles. The van der Waals surface area contributed by atoms with E-state index in [9.17, 15) is 14.0 Å². The van der Waals surface area contributed by atoms with E-state index in [0.717, 1.165) is 11.8 Å². The third kappa shape index (κ3) is 3.46. The lowest BCUT2D eigenvalue weighted by Gasteiger charge is -2.12. The lowest BCUT2D eigenvalue weighted by Crippen LogP contribution is -2.23. The Kier molecular flexibility index (Phi) is 4.61. The van der Waals surface area contributed by atoms with Gasteiger partial charge in [0.25, 0.3) is 5.56 Å². The molecule has 2 aromatic carbocycles. The van der Waals surface area contributed by atoms with Crippen LogP contribution >= 0.6 is 11.8 Å². The van der Waals surface area contributed by atoms with Crippen molar-refractivity contribution < 1.29 is 9.18 Å². The molecular weight excluding hydrogens is 329 g/mol. The second-order valence-corrected chi connectivity index (χ2v) is 6.45. The minimum absolute atomic E-state index is 0.120. The molecule has 1 heterocycles. The first-order chi connectivity index (χ1) is 11.5. The molecule has 24 heavy (non-hydrogen) atoms. The number of para-hydroxylation sites is 2. The third-order valence-electron chi connectivity index (χ3n) is 3.38. The number of aromatic nitrogens is 2. The average Bonchev–Trinajstić information content (AvgIpc) is 2.57. The minimum atomic E-state index is -0.561. The number of halogens is 1. The quantitative estimate of drug-likeness (QED) is 0.564. The zero-order valence-electron chi connectivity index (χ0n) is 12.7. The highest BCUT2D eigenvalue weighted by Gasteiger charge is 2.17. The molecule has 0 aliphatic rings. The normalized spacial score (nSPS) is 12.1. The van der Waals surface area contributed by atoms with Gasteiger partial charge in [-0.3, -0.25) is 9.59 Å². The van der Waals surface area contributed by atoms with E-state index >= 15 is 0 Å². The summed E-state index contributed by atoms with van der Waals surface area (Å²) in [5.74, 6) is -0.874. The van der Waals surface area contributed by atoms with Gasteiger partial charge in [0.05, 0.1) is 21.8 Å². The van der Waals surface area contributed by atoms with Crippen LogP contribution in [-0.2, 0) is 4.79 Å². The van der Waals surface area contributed by atoms with E-state index in [4.69, 9.17) is 0 Å². The monoisotopic (exact) mass is 343 g/mol. The van der Waals surface area contributed by atoms with Crippen LogP contribution in [0, 0.1) is 5.82 Å². The largest absolute Gasteiger partial charge is 0.323 e. The second kappa shape index (κ2) is 6.84. The number of rotatable bonds is 4. The highest BCUT2D eigenvalue weighted by molar-refractivity contribution is 8.00. The minimum Gasteiger partial charge on any atom is -0.323 e. The molecule has 0 aliphatic heterocycles. The fourth-order valence-corrected chi connectivity index (χ4v) is 2.94. The van der Waals surface area contributed by atoms with Crippen LogP contribution in [0.25, 0.3) is 10.9 Å². The van der Waals surface area contributed by atoms with Crippen LogP contribution in [0.4, 0.5) is 10.1 Å². The predicted molar refractivity (Wildman–Crippen MR) is 92.7 cm³/mol. The third-order valence-corrected chi connectivity index (χ3v) is 4.36. The van der Waals surface area contributed by atoms with Gasteiger partial charge in [-0.15, -0.1) is 0 Å². The van der Waals surface area contributed by atoms with Gasteiger partial charge in [0.15, 0.2) is 5.16 Å². The fraction of sp³-hybridized carbons (Fsp3) is 0.118. The highest BCUT2D eigenvalue weighted by atomic mass is 32.2. The van der Waals surface area contributed by atoms with Gasteiger partial charge in [0.1, 0.15) is 5.82 Å². The average molecular weight is 343 g/mol. The molecule has 3 aromatic rings. The summed E-state index contributed by atoms with van der Waals surface area (Å²) in [6, 6.07) is 12.9. The number of anilines is 1. The summed E-state index contributed by atoms with van der Waals surface area (Å²) >= 11 is 1.10. The van der Waals surface area contributed by atoms with Gasteiger partial charge in [-0.05, 0) is 31.2 Å². The Bertz CT molecular complexity index is 958. The Morgan fingerprint density at radius 2 is 1.92 bits per heavy atom. The molecule has 0 aliphatic carbocycles. The summed E-state index contributed by atoms with van der Waals surface area (Å²) in [5, 5.41) is 2.80. The van der Waals surface area contributed by atoms with E-state index in [1.807, 2.05) is 0 Å². The number of hydrogen-bond donors (Lipinski definition) is 2. The number of amides is 1. The van der Waals surface area contributed by atoms with E-state index in [-0.39, 0.29) is 17.2 Å². The van der Waals surface area contributed by atoms with Crippen LogP contribution in [-0.4, -0.2) is 21.1 Å². The van der Waals surface area contributed by atoms with Crippen molar-refractivity contribution in [2.24, 2.45) is 0 Å². The van der Waals surface area contributed by atoms with E-state index in [1.165, 1.54) is 12.1 Å². The summed E-state index contributed by atoms with van der Waals surface area (Å²) in [6.07, 6.45) is 0. The van der Waals surface area contributed by atoms with Crippen molar-refractivity contribution in [2.75, 3.05) is 5.32 Å². The van der Waals surface area contributed by atoms with Crippen molar-refractivity contribution in [1.82, 2.24) is 9.97 Å². The van der Waals surface area contributed by atoms with Crippen molar-refractivity contribution in [3.63, 3.8) is 0 Å². The molecule has 0 unspecified atom stereocenters. The molecule has 7 heteroatoms. The molecule has 122 valence electrons. The molecule has 1 amide bonds. The Labute approximate surface area is 141 Å². The second-order valence-electron chi connectivity index (χ2n) is 5.12. The predicted octanol–water partition coefficient (Wildman–Crippen LogP) is 3.18. The number of aromatic amines is 1. The summed E-state index contributed by atoms with van der Waals surface area (Å²) < 4.78 is 13.6. The van der Waals surface area contributed by atoms with Gasteiger partial charge in [-0.25, -0.2) is 9.37 Å². The van der Waals surface area contributed by atoms with Crippen molar-refractivity contribution >= 4 is 34.3 Å². The maximum absolute atomic E-state index is 13.6. The highest BCUT2D eigenvalue weighted by Crippen LogP contribution is 2.22. The van der Waals surface area contributed by atoms with Gasteiger partial charge >= 0.3 is 0 Å². The molecule has 2 N–H and O–H groups in total. The summed E-state index contributed by atoms with van der Waals surface area (Å²) in [7, 11) is 0. The van der Waals surface area contributed by atoms with Crippen LogP contribution in [0.5, 0.6) is 0 Å². The molecule has 1 atom stereocenters. The zero-order chi connectivity index (χ0) is 17.1. The molecular formula is C17H14FN3O2S. The fourth-order valence-electron chi connectivity index (χ4n) is 2.14. The molecule has 0 saturated carbocycles. The summed E-state index contributed by atoms with van der Waals surface area (Å²) in [4.78, 5) is 31.2. The van der Waals surface area contributed by atoms with Crippen LogP contribution in [0.3, 0.4) is 0 Å². The molecule has 0 fully saturated rings.